The lowest BCUT2D eigenvalue weighted by Crippen LogP contribution is -2.32. The van der Waals surface area contributed by atoms with E-state index in [1.807, 2.05) is 44.2 Å². The van der Waals surface area contributed by atoms with Gasteiger partial charge < -0.3 is 19.7 Å². The van der Waals surface area contributed by atoms with Crippen molar-refractivity contribution in [1.82, 2.24) is 15.2 Å². The Morgan fingerprint density at radius 2 is 1.86 bits per heavy atom. The minimum atomic E-state index is -0.640. The number of pyridine rings is 1. The fraction of sp³-hybridized carbons (Fsp3) is 0.310. The van der Waals surface area contributed by atoms with E-state index in [9.17, 15) is 14.4 Å². The molecule has 1 aromatic heterocycles. The van der Waals surface area contributed by atoms with Gasteiger partial charge >= 0.3 is 5.97 Å². The number of benzene rings is 2. The molecule has 1 N–H and O–H groups in total. The molecule has 8 nitrogen and oxygen atoms in total. The molecule has 0 spiro atoms. The summed E-state index contributed by atoms with van der Waals surface area (Å²) in [5, 5.41) is 2.95. The van der Waals surface area contributed by atoms with Crippen molar-refractivity contribution >= 4 is 17.8 Å². The molecule has 0 bridgehead atoms. The highest BCUT2D eigenvalue weighted by molar-refractivity contribution is 6.09. The standard InChI is InChI=1S/C29H31N3O5/c1-4-36-26(33)15-25(21-10-12-23(13-11-21)37-19(2)3)31-28(34)24-9-5-8-22-18-32(29(35)27(22)24)17-20-7-6-14-30-16-20/h5-14,16,19,25H,4,15,17-18H2,1-3H3,(H,31,34)/t25-/m1/s1. The Kier molecular flexibility index (Phi) is 8.18. The lowest BCUT2D eigenvalue weighted by atomic mass is 10.00. The Bertz CT molecular complexity index is 1260. The third kappa shape index (κ3) is 6.33. The third-order valence-electron chi connectivity index (χ3n) is 5.99. The Hall–Kier alpha value is -4.20. The summed E-state index contributed by atoms with van der Waals surface area (Å²) in [4.78, 5) is 45.0. The minimum absolute atomic E-state index is 0.0244. The molecule has 2 amide bonds. The summed E-state index contributed by atoms with van der Waals surface area (Å²) in [6.07, 6.45) is 3.39. The first-order chi connectivity index (χ1) is 17.9. The van der Waals surface area contributed by atoms with Crippen LogP contribution in [0.1, 0.15) is 70.6 Å². The number of rotatable bonds is 10. The molecule has 0 saturated carbocycles. The van der Waals surface area contributed by atoms with Crippen LogP contribution in [0, 0.1) is 0 Å². The summed E-state index contributed by atoms with van der Waals surface area (Å²) >= 11 is 0. The lowest BCUT2D eigenvalue weighted by molar-refractivity contribution is -0.143. The highest BCUT2D eigenvalue weighted by Crippen LogP contribution is 2.29. The molecule has 3 aromatic rings. The fourth-order valence-corrected chi connectivity index (χ4v) is 4.37. The van der Waals surface area contributed by atoms with E-state index in [0.717, 1.165) is 16.7 Å². The second kappa shape index (κ2) is 11.7. The van der Waals surface area contributed by atoms with Crippen LogP contribution in [0.15, 0.2) is 67.0 Å². The number of amides is 2. The summed E-state index contributed by atoms with van der Waals surface area (Å²) in [5.74, 6) is -0.362. The molecule has 0 radical (unpaired) electrons. The molecule has 0 saturated heterocycles. The molecule has 8 heteroatoms. The zero-order valence-corrected chi connectivity index (χ0v) is 21.3. The average molecular weight is 502 g/mol. The Morgan fingerprint density at radius 1 is 1.08 bits per heavy atom. The van der Waals surface area contributed by atoms with Gasteiger partial charge in [-0.15, -0.1) is 0 Å². The maximum atomic E-state index is 13.5. The Labute approximate surface area is 216 Å². The summed E-state index contributed by atoms with van der Waals surface area (Å²) in [7, 11) is 0. The largest absolute Gasteiger partial charge is 0.491 e. The van der Waals surface area contributed by atoms with Crippen molar-refractivity contribution in [3.05, 3.63) is 94.8 Å². The highest BCUT2D eigenvalue weighted by Gasteiger charge is 2.32. The number of hydrogen-bond donors (Lipinski definition) is 1. The summed E-state index contributed by atoms with van der Waals surface area (Å²) < 4.78 is 10.8. The first-order valence-electron chi connectivity index (χ1n) is 12.4. The van der Waals surface area contributed by atoms with E-state index in [1.54, 1.807) is 48.5 Å². The second-order valence-electron chi connectivity index (χ2n) is 9.13. The van der Waals surface area contributed by atoms with Crippen molar-refractivity contribution in [2.24, 2.45) is 0 Å². The van der Waals surface area contributed by atoms with E-state index in [1.165, 1.54) is 0 Å². The summed E-state index contributed by atoms with van der Waals surface area (Å²) in [6, 6.07) is 15.6. The zero-order valence-electron chi connectivity index (χ0n) is 21.3. The summed E-state index contributed by atoms with van der Waals surface area (Å²) in [6.45, 7) is 6.67. The Morgan fingerprint density at radius 3 is 2.54 bits per heavy atom. The zero-order chi connectivity index (χ0) is 26.4. The van der Waals surface area contributed by atoms with Gasteiger partial charge in [0.25, 0.3) is 11.8 Å². The average Bonchev–Trinajstić information content (AvgIpc) is 3.19. The Balaban J connectivity index is 1.56. The lowest BCUT2D eigenvalue weighted by Gasteiger charge is -2.20. The number of carbonyl (C=O) groups is 3. The fourth-order valence-electron chi connectivity index (χ4n) is 4.37. The van der Waals surface area contributed by atoms with Crippen LogP contribution in [-0.4, -0.2) is 40.4 Å². The van der Waals surface area contributed by atoms with Gasteiger partial charge in [0.1, 0.15) is 5.75 Å². The molecule has 0 unspecified atom stereocenters. The maximum absolute atomic E-state index is 13.5. The van der Waals surface area contributed by atoms with Crippen LogP contribution in [0.25, 0.3) is 0 Å². The van der Waals surface area contributed by atoms with Gasteiger partial charge in [0.2, 0.25) is 0 Å². The molecular weight excluding hydrogens is 470 g/mol. The molecule has 4 rings (SSSR count). The smallest absolute Gasteiger partial charge is 0.308 e. The van der Waals surface area contributed by atoms with Crippen LogP contribution in [0.5, 0.6) is 5.75 Å². The van der Waals surface area contributed by atoms with E-state index < -0.39 is 17.9 Å². The third-order valence-corrected chi connectivity index (χ3v) is 5.99. The maximum Gasteiger partial charge on any atom is 0.308 e. The predicted molar refractivity (Wildman–Crippen MR) is 138 cm³/mol. The van der Waals surface area contributed by atoms with Gasteiger partial charge in [0, 0.05) is 25.5 Å². The van der Waals surface area contributed by atoms with E-state index >= 15 is 0 Å². The molecule has 1 aliphatic rings. The number of ether oxygens (including phenoxy) is 2. The normalized spacial score (nSPS) is 13.3. The quantitative estimate of drug-likeness (QED) is 0.412. The molecule has 2 heterocycles. The molecule has 0 aliphatic carbocycles. The monoisotopic (exact) mass is 501 g/mol. The molecule has 37 heavy (non-hydrogen) atoms. The van der Waals surface area contributed by atoms with Crippen molar-refractivity contribution in [2.75, 3.05) is 6.61 Å². The number of nitrogens with zero attached hydrogens (tertiary/aromatic N) is 2. The molecule has 2 aromatic carbocycles. The molecule has 1 aliphatic heterocycles. The summed E-state index contributed by atoms with van der Waals surface area (Å²) in [5.41, 5.74) is 3.10. The van der Waals surface area contributed by atoms with E-state index in [2.05, 4.69) is 10.3 Å². The molecule has 192 valence electrons. The van der Waals surface area contributed by atoms with Crippen LogP contribution in [0.3, 0.4) is 0 Å². The van der Waals surface area contributed by atoms with Crippen molar-refractivity contribution in [3.63, 3.8) is 0 Å². The van der Waals surface area contributed by atoms with Gasteiger partial charge in [-0.25, -0.2) is 0 Å². The number of carbonyl (C=O) groups excluding carboxylic acids is 3. The van der Waals surface area contributed by atoms with Gasteiger partial charge in [0.05, 0.1) is 36.3 Å². The van der Waals surface area contributed by atoms with Crippen LogP contribution >= 0.6 is 0 Å². The first-order valence-corrected chi connectivity index (χ1v) is 12.4. The van der Waals surface area contributed by atoms with Crippen molar-refractivity contribution in [1.29, 1.82) is 0 Å². The van der Waals surface area contributed by atoms with E-state index in [4.69, 9.17) is 9.47 Å². The first kappa shape index (κ1) is 25.9. The van der Waals surface area contributed by atoms with Crippen molar-refractivity contribution < 1.29 is 23.9 Å². The SMILES string of the molecule is CCOC(=O)C[C@@H](NC(=O)c1cccc2c1C(=O)N(Cc1cccnc1)C2)c1ccc(OC(C)C)cc1. The predicted octanol–water partition coefficient (Wildman–Crippen LogP) is 4.45. The number of aromatic nitrogens is 1. The van der Waals surface area contributed by atoms with Gasteiger partial charge in [-0.05, 0) is 61.7 Å². The molecule has 1 atom stereocenters. The van der Waals surface area contributed by atoms with Crippen LogP contribution < -0.4 is 10.1 Å². The second-order valence-corrected chi connectivity index (χ2v) is 9.13. The highest BCUT2D eigenvalue weighted by atomic mass is 16.5. The number of hydrogen-bond acceptors (Lipinski definition) is 6. The topological polar surface area (TPSA) is 97.8 Å². The molecular formula is C29H31N3O5. The van der Waals surface area contributed by atoms with Crippen molar-refractivity contribution in [2.45, 2.75) is 52.4 Å². The van der Waals surface area contributed by atoms with E-state index in [0.29, 0.717) is 24.4 Å². The number of esters is 1. The van der Waals surface area contributed by atoms with Gasteiger partial charge in [-0.3, -0.25) is 19.4 Å². The van der Waals surface area contributed by atoms with E-state index in [-0.39, 0.29) is 30.6 Å². The van der Waals surface area contributed by atoms with Crippen LogP contribution in [-0.2, 0) is 22.6 Å². The number of fused-ring (bicyclic) bond motifs is 1. The van der Waals surface area contributed by atoms with Crippen LogP contribution in [0.2, 0.25) is 0 Å². The van der Waals surface area contributed by atoms with Gasteiger partial charge in [-0.2, -0.15) is 0 Å². The van der Waals surface area contributed by atoms with Crippen LogP contribution in [0.4, 0.5) is 0 Å². The van der Waals surface area contributed by atoms with Gasteiger partial charge in [-0.1, -0.05) is 30.3 Å². The van der Waals surface area contributed by atoms with Gasteiger partial charge in [0.15, 0.2) is 0 Å². The minimum Gasteiger partial charge on any atom is -0.491 e. The van der Waals surface area contributed by atoms with Crippen molar-refractivity contribution in [3.8, 4) is 5.75 Å². The number of nitrogens with one attached hydrogen (secondary N) is 1. The molecule has 0 fully saturated rings.